The highest BCUT2D eigenvalue weighted by Crippen LogP contribution is 2.24. The van der Waals surface area contributed by atoms with E-state index in [0.29, 0.717) is 48.5 Å². The van der Waals surface area contributed by atoms with Crippen molar-refractivity contribution in [2.75, 3.05) is 31.3 Å². The molecule has 150 valence electrons. The minimum absolute atomic E-state index is 0.0108. The molecule has 1 aromatic heterocycles. The molecule has 2 aromatic rings. The molecular weight excluding hydrogens is 402 g/mol. The molecule has 1 fully saturated rings. The zero-order valence-corrected chi connectivity index (χ0v) is 17.1. The molecule has 0 unspecified atom stereocenters. The van der Waals surface area contributed by atoms with Gasteiger partial charge in [-0.15, -0.1) is 10.2 Å². The third kappa shape index (κ3) is 4.77. The standard InChI is InChI=1S/C18H22ClN5O3S/c1-2-27-17(26)13-7-9-23(10-8-13)15(25)11-28-18-22-21-16(24(18)20)12-3-5-14(19)6-4-12/h3-6,13H,2,7-11,20H2,1H3. The summed E-state index contributed by atoms with van der Waals surface area (Å²) in [5, 5.41) is 9.26. The number of benzene rings is 1. The Hall–Kier alpha value is -2.26. The van der Waals surface area contributed by atoms with Gasteiger partial charge in [0.25, 0.3) is 0 Å². The number of thioether (sulfide) groups is 1. The van der Waals surface area contributed by atoms with E-state index in [9.17, 15) is 9.59 Å². The van der Waals surface area contributed by atoms with E-state index in [-0.39, 0.29) is 23.5 Å². The van der Waals surface area contributed by atoms with Crippen molar-refractivity contribution >= 4 is 35.2 Å². The summed E-state index contributed by atoms with van der Waals surface area (Å²) in [6.45, 7) is 3.27. The summed E-state index contributed by atoms with van der Waals surface area (Å²) in [7, 11) is 0. The zero-order chi connectivity index (χ0) is 20.1. The number of esters is 1. The smallest absolute Gasteiger partial charge is 0.309 e. The number of amides is 1. The molecule has 8 nitrogen and oxygen atoms in total. The molecular formula is C18H22ClN5O3S. The molecule has 0 aliphatic carbocycles. The third-order valence-corrected chi connectivity index (χ3v) is 5.74. The average Bonchev–Trinajstić information content (AvgIpc) is 3.07. The zero-order valence-electron chi connectivity index (χ0n) is 15.5. The fraction of sp³-hybridized carbons (Fsp3) is 0.444. The van der Waals surface area contributed by atoms with E-state index in [1.165, 1.54) is 16.4 Å². The number of nitrogens with zero attached hydrogens (tertiary/aromatic N) is 4. The Morgan fingerprint density at radius 2 is 1.93 bits per heavy atom. The van der Waals surface area contributed by atoms with E-state index in [1.807, 2.05) is 12.1 Å². The fourth-order valence-corrected chi connectivity index (χ4v) is 3.90. The molecule has 0 atom stereocenters. The van der Waals surface area contributed by atoms with Crippen LogP contribution in [-0.2, 0) is 14.3 Å². The molecule has 0 radical (unpaired) electrons. The number of hydrogen-bond acceptors (Lipinski definition) is 7. The van der Waals surface area contributed by atoms with Crippen LogP contribution in [0.4, 0.5) is 0 Å². The number of ether oxygens (including phenoxy) is 1. The molecule has 28 heavy (non-hydrogen) atoms. The molecule has 1 aliphatic heterocycles. The molecule has 0 spiro atoms. The first-order chi connectivity index (χ1) is 13.5. The summed E-state index contributed by atoms with van der Waals surface area (Å²) in [6, 6.07) is 7.12. The van der Waals surface area contributed by atoms with Gasteiger partial charge >= 0.3 is 5.97 Å². The van der Waals surface area contributed by atoms with E-state index in [1.54, 1.807) is 24.0 Å². The predicted molar refractivity (Wildman–Crippen MR) is 107 cm³/mol. The first kappa shape index (κ1) is 20.5. The summed E-state index contributed by atoms with van der Waals surface area (Å²) in [5.74, 6) is 6.49. The number of carbonyl (C=O) groups is 2. The van der Waals surface area contributed by atoms with Crippen LogP contribution in [0.5, 0.6) is 0 Å². The first-order valence-corrected chi connectivity index (χ1v) is 10.4. The topological polar surface area (TPSA) is 103 Å². The average molecular weight is 424 g/mol. The Labute approximate surface area is 172 Å². The quantitative estimate of drug-likeness (QED) is 0.431. The van der Waals surface area contributed by atoms with Crippen LogP contribution >= 0.6 is 23.4 Å². The molecule has 2 N–H and O–H groups in total. The van der Waals surface area contributed by atoms with Crippen molar-refractivity contribution in [3.8, 4) is 11.4 Å². The summed E-state index contributed by atoms with van der Waals surface area (Å²) in [4.78, 5) is 26.0. The van der Waals surface area contributed by atoms with Gasteiger partial charge in [0.15, 0.2) is 5.82 Å². The fourth-order valence-electron chi connectivity index (χ4n) is 3.01. The number of likely N-dealkylation sites (tertiary alicyclic amines) is 1. The molecule has 0 bridgehead atoms. The van der Waals surface area contributed by atoms with Gasteiger partial charge in [0.05, 0.1) is 18.3 Å². The number of nitrogen functional groups attached to an aromatic ring is 1. The maximum Gasteiger partial charge on any atom is 0.309 e. The van der Waals surface area contributed by atoms with Crippen LogP contribution in [0.2, 0.25) is 5.02 Å². The Kier molecular flexibility index (Phi) is 6.79. The van der Waals surface area contributed by atoms with Crippen molar-refractivity contribution in [2.45, 2.75) is 24.9 Å². The van der Waals surface area contributed by atoms with Gasteiger partial charge in [-0.2, -0.15) is 0 Å². The minimum atomic E-state index is -0.171. The van der Waals surface area contributed by atoms with E-state index < -0.39 is 0 Å². The predicted octanol–water partition coefficient (Wildman–Crippen LogP) is 2.21. The second-order valence-corrected chi connectivity index (χ2v) is 7.76. The molecule has 3 rings (SSSR count). The number of aromatic nitrogens is 3. The lowest BCUT2D eigenvalue weighted by molar-refractivity contribution is -0.151. The van der Waals surface area contributed by atoms with E-state index in [2.05, 4.69) is 10.2 Å². The maximum absolute atomic E-state index is 12.5. The van der Waals surface area contributed by atoms with Gasteiger partial charge in [-0.05, 0) is 44.0 Å². The van der Waals surface area contributed by atoms with Crippen LogP contribution in [0.3, 0.4) is 0 Å². The number of nitrogens with two attached hydrogens (primary N) is 1. The lowest BCUT2D eigenvalue weighted by atomic mass is 9.97. The van der Waals surface area contributed by atoms with Gasteiger partial charge in [-0.1, -0.05) is 23.4 Å². The molecule has 1 aliphatic rings. The van der Waals surface area contributed by atoms with Crippen molar-refractivity contribution < 1.29 is 14.3 Å². The summed E-state index contributed by atoms with van der Waals surface area (Å²) >= 11 is 7.14. The molecule has 1 amide bonds. The highest BCUT2D eigenvalue weighted by Gasteiger charge is 2.28. The van der Waals surface area contributed by atoms with E-state index in [4.69, 9.17) is 22.2 Å². The monoisotopic (exact) mass is 423 g/mol. The third-order valence-electron chi connectivity index (χ3n) is 4.56. The largest absolute Gasteiger partial charge is 0.466 e. The van der Waals surface area contributed by atoms with Crippen molar-refractivity contribution in [2.24, 2.45) is 5.92 Å². The Morgan fingerprint density at radius 1 is 1.25 bits per heavy atom. The number of piperidine rings is 1. The normalized spacial score (nSPS) is 14.9. The second-order valence-electron chi connectivity index (χ2n) is 6.38. The Bertz CT molecular complexity index is 834. The molecule has 1 aromatic carbocycles. The lowest BCUT2D eigenvalue weighted by Crippen LogP contribution is -2.41. The molecule has 10 heteroatoms. The molecule has 0 saturated carbocycles. The van der Waals surface area contributed by atoms with Crippen LogP contribution in [-0.4, -0.2) is 57.1 Å². The van der Waals surface area contributed by atoms with Gasteiger partial charge in [0, 0.05) is 23.7 Å². The number of hydrogen-bond donors (Lipinski definition) is 1. The Balaban J connectivity index is 1.53. The van der Waals surface area contributed by atoms with Gasteiger partial charge < -0.3 is 15.5 Å². The number of halogens is 1. The Morgan fingerprint density at radius 3 is 2.57 bits per heavy atom. The van der Waals surface area contributed by atoms with Gasteiger partial charge in [-0.3, -0.25) is 9.59 Å². The van der Waals surface area contributed by atoms with Crippen molar-refractivity contribution in [3.63, 3.8) is 0 Å². The highest BCUT2D eigenvalue weighted by molar-refractivity contribution is 7.99. The SMILES string of the molecule is CCOC(=O)C1CCN(C(=O)CSc2nnc(-c3ccc(Cl)cc3)n2N)CC1. The lowest BCUT2D eigenvalue weighted by Gasteiger charge is -2.30. The van der Waals surface area contributed by atoms with Crippen molar-refractivity contribution in [1.29, 1.82) is 0 Å². The first-order valence-electron chi connectivity index (χ1n) is 9.03. The second kappa shape index (κ2) is 9.29. The summed E-state index contributed by atoms with van der Waals surface area (Å²) in [6.07, 6.45) is 1.26. The molecule has 1 saturated heterocycles. The van der Waals surface area contributed by atoms with Gasteiger partial charge in [0.2, 0.25) is 11.1 Å². The van der Waals surface area contributed by atoms with Crippen molar-refractivity contribution in [1.82, 2.24) is 19.8 Å². The maximum atomic E-state index is 12.5. The van der Waals surface area contributed by atoms with Gasteiger partial charge in [-0.25, -0.2) is 4.68 Å². The van der Waals surface area contributed by atoms with Crippen LogP contribution in [0.25, 0.3) is 11.4 Å². The van der Waals surface area contributed by atoms with E-state index in [0.717, 1.165) is 5.56 Å². The van der Waals surface area contributed by atoms with Crippen LogP contribution in [0, 0.1) is 5.92 Å². The molecule has 2 heterocycles. The summed E-state index contributed by atoms with van der Waals surface area (Å²) in [5.41, 5.74) is 0.790. The van der Waals surface area contributed by atoms with E-state index >= 15 is 0 Å². The van der Waals surface area contributed by atoms with Crippen LogP contribution < -0.4 is 5.84 Å². The minimum Gasteiger partial charge on any atom is -0.466 e. The summed E-state index contributed by atoms with van der Waals surface area (Å²) < 4.78 is 6.42. The highest BCUT2D eigenvalue weighted by atomic mass is 35.5. The van der Waals surface area contributed by atoms with Crippen molar-refractivity contribution in [3.05, 3.63) is 29.3 Å². The number of rotatable bonds is 6. The number of carbonyl (C=O) groups excluding carboxylic acids is 2. The van der Waals surface area contributed by atoms with Crippen LogP contribution in [0.1, 0.15) is 19.8 Å². The van der Waals surface area contributed by atoms with Crippen LogP contribution in [0.15, 0.2) is 29.4 Å². The van der Waals surface area contributed by atoms with Gasteiger partial charge in [0.1, 0.15) is 0 Å².